The zero-order valence-electron chi connectivity index (χ0n) is 20.2. The van der Waals surface area contributed by atoms with Gasteiger partial charge in [-0.25, -0.2) is 0 Å². The van der Waals surface area contributed by atoms with Gasteiger partial charge in [-0.3, -0.25) is 24.7 Å². The van der Waals surface area contributed by atoms with Gasteiger partial charge in [-0.15, -0.1) is 0 Å². The first-order chi connectivity index (χ1) is 17.0. The van der Waals surface area contributed by atoms with Gasteiger partial charge in [0.15, 0.2) is 0 Å². The third-order valence-corrected chi connectivity index (χ3v) is 7.43. The summed E-state index contributed by atoms with van der Waals surface area (Å²) in [6.07, 6.45) is 3.00. The Morgan fingerprint density at radius 1 is 1.14 bits per heavy atom. The Morgan fingerprint density at radius 2 is 1.89 bits per heavy atom. The van der Waals surface area contributed by atoms with E-state index in [0.29, 0.717) is 47.3 Å². The highest BCUT2D eigenvalue weighted by molar-refractivity contribution is 9.10. The number of carbonyl (C=O) groups excluding carboxylic acids is 2. The zero-order chi connectivity index (χ0) is 26.2. The van der Waals surface area contributed by atoms with Gasteiger partial charge in [-0.2, -0.15) is 0 Å². The van der Waals surface area contributed by atoms with Crippen molar-refractivity contribution in [3.05, 3.63) is 60.8 Å². The number of ether oxygens (including phenoxy) is 1. The number of pyridine rings is 1. The van der Waals surface area contributed by atoms with Crippen LogP contribution in [-0.2, 0) is 4.74 Å². The lowest BCUT2D eigenvalue weighted by atomic mass is 9.87. The first-order valence-corrected chi connectivity index (χ1v) is 13.1. The SMILES string of the molecule is CC1CN(C(=O)c2cc(Br)cc([N+](=O)[O-])c2NC2CN(C(=O)c3cncc(Br)c3)CC2(C)C)CCO1. The molecule has 36 heavy (non-hydrogen) atoms. The van der Waals surface area contributed by atoms with Gasteiger partial charge >= 0.3 is 0 Å². The van der Waals surface area contributed by atoms with E-state index in [1.165, 1.54) is 12.3 Å². The number of nitro benzene ring substituents is 1. The van der Waals surface area contributed by atoms with Crippen molar-refractivity contribution in [1.82, 2.24) is 14.8 Å². The number of hydrogen-bond donors (Lipinski definition) is 1. The third-order valence-electron chi connectivity index (χ3n) is 6.54. The molecular weight excluding hydrogens is 598 g/mol. The van der Waals surface area contributed by atoms with E-state index in [4.69, 9.17) is 4.74 Å². The first-order valence-electron chi connectivity index (χ1n) is 11.5. The van der Waals surface area contributed by atoms with Crippen LogP contribution in [0.5, 0.6) is 0 Å². The van der Waals surface area contributed by atoms with E-state index in [2.05, 4.69) is 42.2 Å². The fourth-order valence-corrected chi connectivity index (χ4v) is 5.46. The molecule has 2 aromatic rings. The molecule has 12 heteroatoms. The first kappa shape index (κ1) is 26.5. The Labute approximate surface area is 225 Å². The number of benzene rings is 1. The summed E-state index contributed by atoms with van der Waals surface area (Å²) in [6, 6.07) is 4.37. The van der Waals surface area contributed by atoms with E-state index in [1.54, 1.807) is 28.1 Å². The normalized spacial score (nSPS) is 21.4. The topological polar surface area (TPSA) is 118 Å². The van der Waals surface area contributed by atoms with E-state index in [9.17, 15) is 19.7 Å². The minimum atomic E-state index is -0.496. The molecule has 0 aliphatic carbocycles. The van der Waals surface area contributed by atoms with E-state index < -0.39 is 10.3 Å². The molecule has 2 aliphatic rings. The summed E-state index contributed by atoms with van der Waals surface area (Å²) in [6.45, 7) is 7.83. The van der Waals surface area contributed by atoms with Crippen molar-refractivity contribution in [3.8, 4) is 0 Å². The summed E-state index contributed by atoms with van der Waals surface area (Å²) < 4.78 is 6.69. The van der Waals surface area contributed by atoms with Crippen molar-refractivity contribution in [2.75, 3.05) is 38.1 Å². The maximum Gasteiger partial charge on any atom is 0.294 e. The van der Waals surface area contributed by atoms with E-state index in [-0.39, 0.29) is 40.9 Å². The molecule has 0 saturated carbocycles. The van der Waals surface area contributed by atoms with Gasteiger partial charge in [0.1, 0.15) is 5.69 Å². The van der Waals surface area contributed by atoms with Crippen molar-refractivity contribution in [2.24, 2.45) is 5.41 Å². The quantitative estimate of drug-likeness (QED) is 0.388. The predicted molar refractivity (Wildman–Crippen MR) is 141 cm³/mol. The summed E-state index contributed by atoms with van der Waals surface area (Å²) in [5.41, 5.74) is 0.188. The van der Waals surface area contributed by atoms with Crippen LogP contribution in [0.25, 0.3) is 0 Å². The fraction of sp³-hybridized carbons (Fsp3) is 0.458. The molecule has 0 radical (unpaired) electrons. The van der Waals surface area contributed by atoms with Crippen LogP contribution in [0.1, 0.15) is 41.5 Å². The minimum Gasteiger partial charge on any atom is -0.375 e. The molecular formula is C24H27Br2N5O5. The Balaban J connectivity index is 1.66. The summed E-state index contributed by atoms with van der Waals surface area (Å²) in [7, 11) is 0. The summed E-state index contributed by atoms with van der Waals surface area (Å²) in [5.74, 6) is -0.480. The van der Waals surface area contributed by atoms with Gasteiger partial charge in [-0.1, -0.05) is 29.8 Å². The molecule has 0 bridgehead atoms. The lowest BCUT2D eigenvalue weighted by molar-refractivity contribution is -0.384. The fourth-order valence-electron chi connectivity index (χ4n) is 4.65. The number of nitrogens with zero attached hydrogens (tertiary/aromatic N) is 4. The second-order valence-electron chi connectivity index (χ2n) is 9.80. The van der Waals surface area contributed by atoms with Crippen LogP contribution in [0.3, 0.4) is 0 Å². The maximum atomic E-state index is 13.5. The molecule has 4 rings (SSSR count). The predicted octanol–water partition coefficient (Wildman–Crippen LogP) is 4.34. The van der Waals surface area contributed by atoms with Crippen molar-refractivity contribution >= 4 is 55.0 Å². The molecule has 1 aromatic heterocycles. The number of morpholine rings is 1. The van der Waals surface area contributed by atoms with Crippen LogP contribution in [0.4, 0.5) is 11.4 Å². The van der Waals surface area contributed by atoms with E-state index >= 15 is 0 Å². The molecule has 192 valence electrons. The average molecular weight is 625 g/mol. The molecule has 0 spiro atoms. The van der Waals surface area contributed by atoms with Crippen molar-refractivity contribution in [3.63, 3.8) is 0 Å². The van der Waals surface area contributed by atoms with Gasteiger partial charge < -0.3 is 19.9 Å². The van der Waals surface area contributed by atoms with Crippen LogP contribution in [-0.4, -0.2) is 76.5 Å². The molecule has 2 unspecified atom stereocenters. The van der Waals surface area contributed by atoms with Crippen molar-refractivity contribution in [1.29, 1.82) is 0 Å². The Morgan fingerprint density at radius 3 is 2.56 bits per heavy atom. The Kier molecular flexibility index (Phi) is 7.67. The molecule has 2 fully saturated rings. The summed E-state index contributed by atoms with van der Waals surface area (Å²) in [5, 5.41) is 15.3. The Bertz CT molecular complexity index is 1210. The molecule has 3 heterocycles. The molecule has 1 N–H and O–H groups in total. The van der Waals surface area contributed by atoms with Gasteiger partial charge in [0.05, 0.1) is 34.8 Å². The standard InChI is InChI=1S/C24H27Br2N5O5/c1-14-11-29(4-5-36-14)23(33)18-7-16(25)8-19(31(34)35)21(18)28-20-12-30(13-24(20,2)3)22(32)15-6-17(26)10-27-9-15/h6-10,14,20,28H,4-5,11-13H2,1-3H3. The van der Waals surface area contributed by atoms with Crippen molar-refractivity contribution < 1.29 is 19.2 Å². The summed E-state index contributed by atoms with van der Waals surface area (Å²) >= 11 is 6.67. The average Bonchev–Trinajstić information content (AvgIpc) is 3.12. The van der Waals surface area contributed by atoms with Crippen LogP contribution < -0.4 is 5.32 Å². The molecule has 2 amide bonds. The highest BCUT2D eigenvalue weighted by Gasteiger charge is 2.43. The highest BCUT2D eigenvalue weighted by atomic mass is 79.9. The number of nitro groups is 1. The molecule has 2 atom stereocenters. The van der Waals surface area contributed by atoms with Gasteiger partial charge in [0.2, 0.25) is 0 Å². The number of rotatable bonds is 5. The van der Waals surface area contributed by atoms with Crippen LogP contribution in [0, 0.1) is 15.5 Å². The van der Waals surface area contributed by atoms with Gasteiger partial charge in [-0.05, 0) is 35.0 Å². The number of anilines is 1. The molecule has 1 aromatic carbocycles. The zero-order valence-corrected chi connectivity index (χ0v) is 23.3. The van der Waals surface area contributed by atoms with Crippen LogP contribution in [0.15, 0.2) is 39.5 Å². The van der Waals surface area contributed by atoms with Crippen LogP contribution in [0.2, 0.25) is 0 Å². The smallest absolute Gasteiger partial charge is 0.294 e. The third kappa shape index (κ3) is 5.55. The Hall–Kier alpha value is -2.57. The molecule has 2 aliphatic heterocycles. The lowest BCUT2D eigenvalue weighted by Gasteiger charge is -2.32. The van der Waals surface area contributed by atoms with Gasteiger partial charge in [0, 0.05) is 59.0 Å². The largest absolute Gasteiger partial charge is 0.375 e. The number of aromatic nitrogens is 1. The number of hydrogen-bond acceptors (Lipinski definition) is 7. The number of likely N-dealkylation sites (tertiary alicyclic amines) is 1. The van der Waals surface area contributed by atoms with Crippen LogP contribution >= 0.6 is 31.9 Å². The minimum absolute atomic E-state index is 0.123. The number of nitrogens with one attached hydrogen (secondary N) is 1. The molecule has 10 nitrogen and oxygen atoms in total. The monoisotopic (exact) mass is 623 g/mol. The second-order valence-corrected chi connectivity index (χ2v) is 11.6. The number of carbonyl (C=O) groups is 2. The maximum absolute atomic E-state index is 13.5. The second kappa shape index (κ2) is 10.4. The lowest BCUT2D eigenvalue weighted by Crippen LogP contribution is -2.45. The van der Waals surface area contributed by atoms with E-state index in [0.717, 1.165) is 0 Å². The molecule has 2 saturated heterocycles. The van der Waals surface area contributed by atoms with E-state index in [1.807, 2.05) is 20.8 Å². The highest BCUT2D eigenvalue weighted by Crippen LogP contribution is 2.39. The van der Waals surface area contributed by atoms with Crippen molar-refractivity contribution in [2.45, 2.75) is 32.9 Å². The number of halogens is 2. The number of amides is 2. The van der Waals surface area contributed by atoms with Gasteiger partial charge in [0.25, 0.3) is 17.5 Å². The summed E-state index contributed by atoms with van der Waals surface area (Å²) in [4.78, 5) is 45.7.